The zero-order chi connectivity index (χ0) is 13.3. The lowest BCUT2D eigenvalue weighted by Gasteiger charge is -2.29. The van der Waals surface area contributed by atoms with Gasteiger partial charge in [0.25, 0.3) is 0 Å². The minimum absolute atomic E-state index is 0.00320. The van der Waals surface area contributed by atoms with Crippen molar-refractivity contribution in [1.29, 1.82) is 0 Å². The van der Waals surface area contributed by atoms with E-state index in [9.17, 15) is 4.79 Å². The third kappa shape index (κ3) is 2.41. The second kappa shape index (κ2) is 5.57. The molecule has 0 spiro atoms. The topological polar surface area (TPSA) is 41.6 Å². The lowest BCUT2D eigenvalue weighted by Crippen LogP contribution is -2.43. The van der Waals surface area contributed by atoms with Gasteiger partial charge in [0.05, 0.1) is 18.3 Å². The van der Waals surface area contributed by atoms with Crippen molar-refractivity contribution in [3.8, 4) is 0 Å². The summed E-state index contributed by atoms with van der Waals surface area (Å²) in [6.07, 6.45) is 4.67. The van der Waals surface area contributed by atoms with Gasteiger partial charge in [0, 0.05) is 13.2 Å². The molecule has 0 aromatic rings. The quantitative estimate of drug-likeness (QED) is 0.831. The number of nitrogens with one attached hydrogen (secondary N) is 1. The van der Waals surface area contributed by atoms with Crippen molar-refractivity contribution in [2.75, 3.05) is 7.11 Å². The summed E-state index contributed by atoms with van der Waals surface area (Å²) in [5.41, 5.74) is 0. The number of methoxy groups -OCH3 is 1. The van der Waals surface area contributed by atoms with Gasteiger partial charge in [-0.15, -0.1) is 0 Å². The Morgan fingerprint density at radius 3 is 2.67 bits per heavy atom. The van der Waals surface area contributed by atoms with Crippen molar-refractivity contribution in [3.05, 3.63) is 0 Å². The Morgan fingerprint density at radius 1 is 1.44 bits per heavy atom. The molecule has 1 saturated carbocycles. The maximum Gasteiger partial charge on any atom is 0.241 e. The summed E-state index contributed by atoms with van der Waals surface area (Å²) in [6, 6.07) is 0.361. The van der Waals surface area contributed by atoms with Crippen LogP contribution >= 0.6 is 0 Å². The van der Waals surface area contributed by atoms with Gasteiger partial charge >= 0.3 is 0 Å². The molecule has 2 rings (SSSR count). The Hall–Kier alpha value is -0.610. The van der Waals surface area contributed by atoms with Crippen molar-refractivity contribution in [1.82, 2.24) is 10.2 Å². The van der Waals surface area contributed by atoms with Crippen LogP contribution in [0.25, 0.3) is 0 Å². The normalized spacial score (nSPS) is 36.9. The van der Waals surface area contributed by atoms with Gasteiger partial charge in [-0.3, -0.25) is 10.1 Å². The van der Waals surface area contributed by atoms with Gasteiger partial charge in [0.2, 0.25) is 5.91 Å². The van der Waals surface area contributed by atoms with Gasteiger partial charge in [0.1, 0.15) is 0 Å². The highest BCUT2D eigenvalue weighted by Gasteiger charge is 2.44. The van der Waals surface area contributed by atoms with Gasteiger partial charge in [-0.25, -0.2) is 0 Å². The van der Waals surface area contributed by atoms with Crippen LogP contribution in [-0.2, 0) is 9.53 Å². The first-order valence-corrected chi connectivity index (χ1v) is 7.19. The number of carbonyl (C=O) groups is 1. The van der Waals surface area contributed by atoms with Crippen LogP contribution in [0.15, 0.2) is 0 Å². The second-order valence-corrected chi connectivity index (χ2v) is 5.88. The minimum atomic E-state index is -0.00320. The van der Waals surface area contributed by atoms with Crippen LogP contribution in [0.1, 0.15) is 46.5 Å². The third-order valence-electron chi connectivity index (χ3n) is 4.37. The van der Waals surface area contributed by atoms with E-state index >= 15 is 0 Å². The molecule has 18 heavy (non-hydrogen) atoms. The lowest BCUT2D eigenvalue weighted by molar-refractivity contribution is -0.133. The van der Waals surface area contributed by atoms with Crippen LogP contribution in [0, 0.1) is 5.92 Å². The molecule has 1 aliphatic heterocycles. The van der Waals surface area contributed by atoms with Gasteiger partial charge < -0.3 is 9.64 Å². The SMILES string of the molecule is CCC1NC(C(C)C)C(=O)N1C1CCC(OC)C1. The van der Waals surface area contributed by atoms with E-state index in [1.165, 1.54) is 0 Å². The molecule has 4 heteroatoms. The first-order chi connectivity index (χ1) is 8.58. The average Bonchev–Trinajstić information content (AvgIpc) is 2.92. The van der Waals surface area contributed by atoms with E-state index < -0.39 is 0 Å². The lowest BCUT2D eigenvalue weighted by atomic mass is 10.0. The Bertz CT molecular complexity index is 306. The number of ether oxygens (including phenoxy) is 1. The van der Waals surface area contributed by atoms with Crippen molar-refractivity contribution in [2.24, 2.45) is 5.92 Å². The summed E-state index contributed by atoms with van der Waals surface area (Å²) in [5.74, 6) is 0.648. The molecule has 0 aromatic carbocycles. The van der Waals surface area contributed by atoms with Crippen LogP contribution in [0.3, 0.4) is 0 Å². The molecule has 0 bridgehead atoms. The van der Waals surface area contributed by atoms with Crippen LogP contribution < -0.4 is 5.32 Å². The molecule has 4 unspecified atom stereocenters. The monoisotopic (exact) mass is 254 g/mol. The zero-order valence-electron chi connectivity index (χ0n) is 12.0. The van der Waals surface area contributed by atoms with E-state index in [4.69, 9.17) is 4.74 Å². The molecule has 1 N–H and O–H groups in total. The third-order valence-corrected chi connectivity index (χ3v) is 4.37. The smallest absolute Gasteiger partial charge is 0.241 e. The van der Waals surface area contributed by atoms with Crippen LogP contribution in [0.5, 0.6) is 0 Å². The van der Waals surface area contributed by atoms with Crippen molar-refractivity contribution >= 4 is 5.91 Å². The predicted octanol–water partition coefficient (Wildman–Crippen LogP) is 1.75. The highest BCUT2D eigenvalue weighted by atomic mass is 16.5. The first kappa shape index (κ1) is 13.8. The van der Waals surface area contributed by atoms with Gasteiger partial charge in [-0.2, -0.15) is 0 Å². The van der Waals surface area contributed by atoms with Gasteiger partial charge in [-0.1, -0.05) is 20.8 Å². The molecule has 4 nitrogen and oxygen atoms in total. The number of carbonyl (C=O) groups excluding carboxylic acids is 1. The fraction of sp³-hybridized carbons (Fsp3) is 0.929. The second-order valence-electron chi connectivity index (χ2n) is 5.88. The Morgan fingerprint density at radius 2 is 2.17 bits per heavy atom. The highest BCUT2D eigenvalue weighted by molar-refractivity contribution is 5.85. The van der Waals surface area contributed by atoms with Gasteiger partial charge in [0.15, 0.2) is 0 Å². The maximum absolute atomic E-state index is 12.5. The number of hydrogen-bond acceptors (Lipinski definition) is 3. The number of rotatable bonds is 4. The molecular formula is C14H26N2O2. The van der Waals surface area contributed by atoms with Crippen molar-refractivity contribution in [2.45, 2.75) is 70.8 Å². The van der Waals surface area contributed by atoms with Crippen LogP contribution in [-0.4, -0.2) is 42.3 Å². The van der Waals surface area contributed by atoms with E-state index in [1.807, 2.05) is 0 Å². The Kier molecular flexibility index (Phi) is 4.28. The van der Waals surface area contributed by atoms with Crippen molar-refractivity contribution < 1.29 is 9.53 Å². The van der Waals surface area contributed by atoms with Crippen LogP contribution in [0.2, 0.25) is 0 Å². The highest BCUT2D eigenvalue weighted by Crippen LogP contribution is 2.31. The average molecular weight is 254 g/mol. The maximum atomic E-state index is 12.5. The number of amides is 1. The largest absolute Gasteiger partial charge is 0.381 e. The van der Waals surface area contributed by atoms with Gasteiger partial charge in [-0.05, 0) is 31.6 Å². The number of nitrogens with zero attached hydrogens (tertiary/aromatic N) is 1. The molecule has 1 amide bonds. The summed E-state index contributed by atoms with van der Waals surface area (Å²) < 4.78 is 5.42. The Balaban J connectivity index is 2.08. The van der Waals surface area contributed by atoms with E-state index in [0.717, 1.165) is 25.7 Å². The standard InChI is InChI=1S/C14H26N2O2/c1-5-12-15-13(9(2)3)14(17)16(12)10-6-7-11(8-10)18-4/h9-13,15H,5-8H2,1-4H3. The summed E-state index contributed by atoms with van der Waals surface area (Å²) in [7, 11) is 1.77. The molecule has 1 aliphatic carbocycles. The molecular weight excluding hydrogens is 228 g/mol. The van der Waals surface area contributed by atoms with Crippen LogP contribution in [0.4, 0.5) is 0 Å². The molecule has 1 saturated heterocycles. The molecule has 104 valence electrons. The first-order valence-electron chi connectivity index (χ1n) is 7.19. The fourth-order valence-electron chi connectivity index (χ4n) is 3.28. The van der Waals surface area contributed by atoms with E-state index in [0.29, 0.717) is 24.0 Å². The van der Waals surface area contributed by atoms with E-state index in [-0.39, 0.29) is 12.2 Å². The molecule has 4 atom stereocenters. The zero-order valence-corrected chi connectivity index (χ0v) is 12.0. The summed E-state index contributed by atoms with van der Waals surface area (Å²) in [5, 5.41) is 3.49. The predicted molar refractivity (Wildman–Crippen MR) is 71.1 cm³/mol. The Labute approximate surface area is 110 Å². The van der Waals surface area contributed by atoms with Crippen molar-refractivity contribution in [3.63, 3.8) is 0 Å². The van der Waals surface area contributed by atoms with E-state index in [2.05, 4.69) is 31.0 Å². The van der Waals surface area contributed by atoms with E-state index in [1.54, 1.807) is 7.11 Å². The molecule has 0 radical (unpaired) electrons. The fourth-order valence-corrected chi connectivity index (χ4v) is 3.28. The molecule has 0 aromatic heterocycles. The summed E-state index contributed by atoms with van der Waals surface area (Å²) in [6.45, 7) is 6.36. The molecule has 2 aliphatic rings. The molecule has 2 fully saturated rings. The summed E-state index contributed by atoms with van der Waals surface area (Å²) >= 11 is 0. The number of hydrogen-bond donors (Lipinski definition) is 1. The minimum Gasteiger partial charge on any atom is -0.381 e. The molecule has 1 heterocycles. The summed E-state index contributed by atoms with van der Waals surface area (Å²) in [4.78, 5) is 14.6.